The third kappa shape index (κ3) is 3.82. The summed E-state index contributed by atoms with van der Waals surface area (Å²) in [6.07, 6.45) is 0.927. The lowest BCUT2D eigenvalue weighted by Gasteiger charge is -2.33. The first-order chi connectivity index (χ1) is 13.1. The minimum Gasteiger partial charge on any atom is -0.467 e. The summed E-state index contributed by atoms with van der Waals surface area (Å²) in [5, 5.41) is 11.4. The molecule has 2 atom stereocenters. The molecule has 0 spiro atoms. The molecule has 1 fully saturated rings. The number of carbonyl (C=O) groups excluding carboxylic acids is 2. The van der Waals surface area contributed by atoms with E-state index < -0.39 is 18.1 Å². The van der Waals surface area contributed by atoms with Crippen molar-refractivity contribution in [2.75, 3.05) is 25.2 Å². The van der Waals surface area contributed by atoms with Crippen LogP contribution < -0.4 is 4.90 Å². The molecule has 1 N–H and O–H groups in total. The topological polar surface area (TPSA) is 76.1 Å². The van der Waals surface area contributed by atoms with Crippen molar-refractivity contribution in [1.82, 2.24) is 0 Å². The van der Waals surface area contributed by atoms with E-state index in [4.69, 9.17) is 9.47 Å². The van der Waals surface area contributed by atoms with Gasteiger partial charge in [0.05, 0.1) is 12.8 Å². The lowest BCUT2D eigenvalue weighted by Crippen LogP contribution is -2.50. The van der Waals surface area contributed by atoms with Gasteiger partial charge in [0, 0.05) is 25.0 Å². The number of carbonyl (C=O) groups is 2. The summed E-state index contributed by atoms with van der Waals surface area (Å²) in [7, 11) is 1.29. The van der Waals surface area contributed by atoms with Crippen molar-refractivity contribution in [3.05, 3.63) is 42.0 Å². The first-order valence-electron chi connectivity index (χ1n) is 9.20. The van der Waals surface area contributed by atoms with Crippen LogP contribution in [0.5, 0.6) is 0 Å². The van der Waals surface area contributed by atoms with Crippen LogP contribution in [0, 0.1) is 6.92 Å². The number of hydrogen-bond acceptors (Lipinski definition) is 5. The maximum Gasteiger partial charge on any atom is 0.329 e. The van der Waals surface area contributed by atoms with E-state index >= 15 is 0 Å². The predicted molar refractivity (Wildman–Crippen MR) is 103 cm³/mol. The first-order valence-corrected chi connectivity index (χ1v) is 9.20. The Balaban J connectivity index is 2.18. The number of esters is 1. The molecule has 1 aliphatic heterocycles. The summed E-state index contributed by atoms with van der Waals surface area (Å²) in [5.41, 5.74) is 1.53. The number of benzene rings is 2. The van der Waals surface area contributed by atoms with Gasteiger partial charge in [-0.1, -0.05) is 36.4 Å². The molecule has 2 aromatic rings. The molecule has 27 heavy (non-hydrogen) atoms. The Hall–Kier alpha value is -2.44. The highest BCUT2D eigenvalue weighted by molar-refractivity contribution is 6.09. The van der Waals surface area contributed by atoms with E-state index in [1.165, 1.54) is 12.0 Å². The molecule has 0 bridgehead atoms. The van der Waals surface area contributed by atoms with Gasteiger partial charge in [0.25, 0.3) is 5.91 Å². The van der Waals surface area contributed by atoms with E-state index in [0.29, 0.717) is 18.7 Å². The van der Waals surface area contributed by atoms with Gasteiger partial charge in [0.2, 0.25) is 0 Å². The molecular formula is C21H25NO5. The zero-order chi connectivity index (χ0) is 19.4. The summed E-state index contributed by atoms with van der Waals surface area (Å²) in [6, 6.07) is 10.7. The molecule has 1 saturated heterocycles. The number of methoxy groups -OCH3 is 1. The zero-order valence-corrected chi connectivity index (χ0v) is 15.7. The number of nitrogens with zero attached hydrogens (tertiary/aromatic N) is 1. The van der Waals surface area contributed by atoms with Crippen LogP contribution in [0.25, 0.3) is 10.8 Å². The van der Waals surface area contributed by atoms with Crippen molar-refractivity contribution in [3.8, 4) is 0 Å². The number of aliphatic hydroxyl groups excluding tert-OH is 1. The van der Waals surface area contributed by atoms with Gasteiger partial charge in [-0.2, -0.15) is 0 Å². The summed E-state index contributed by atoms with van der Waals surface area (Å²) in [6.45, 7) is 2.20. The number of ether oxygens (including phenoxy) is 2. The number of fused-ring (bicyclic) bond motifs is 1. The zero-order valence-electron chi connectivity index (χ0n) is 15.7. The number of aryl methyl sites for hydroxylation is 1. The monoisotopic (exact) mass is 371 g/mol. The van der Waals surface area contributed by atoms with Crippen molar-refractivity contribution >= 4 is 28.3 Å². The van der Waals surface area contributed by atoms with Crippen LogP contribution in [0.3, 0.4) is 0 Å². The highest BCUT2D eigenvalue weighted by atomic mass is 16.5. The van der Waals surface area contributed by atoms with Crippen LogP contribution in [0.2, 0.25) is 0 Å². The van der Waals surface area contributed by atoms with Gasteiger partial charge in [0.15, 0.2) is 0 Å². The van der Waals surface area contributed by atoms with Gasteiger partial charge >= 0.3 is 5.97 Å². The number of hydrogen-bond donors (Lipinski definition) is 1. The van der Waals surface area contributed by atoms with Gasteiger partial charge < -0.3 is 14.6 Å². The van der Waals surface area contributed by atoms with Gasteiger partial charge in [0.1, 0.15) is 12.1 Å². The molecular weight excluding hydrogens is 346 g/mol. The molecule has 1 heterocycles. The van der Waals surface area contributed by atoms with Crippen LogP contribution in [0.4, 0.5) is 5.69 Å². The molecule has 0 aromatic heterocycles. The second kappa shape index (κ2) is 8.50. The minimum absolute atomic E-state index is 0.0911. The lowest BCUT2D eigenvalue weighted by atomic mass is 10.00. The summed E-state index contributed by atoms with van der Waals surface area (Å²) in [4.78, 5) is 27.4. The molecule has 144 valence electrons. The van der Waals surface area contributed by atoms with Crippen LogP contribution in [0.1, 0.15) is 24.8 Å². The SMILES string of the molecule is COC(=O)[C@H](CCO)N(C(=O)C1CCCO1)c1c(C)ccc2ccccc12. The minimum atomic E-state index is -0.916. The number of aliphatic hydroxyl groups is 1. The molecule has 1 aliphatic rings. The van der Waals surface area contributed by atoms with Crippen molar-refractivity contribution in [2.24, 2.45) is 0 Å². The van der Waals surface area contributed by atoms with Crippen LogP contribution in [-0.4, -0.2) is 49.5 Å². The molecule has 1 unspecified atom stereocenters. The fourth-order valence-electron chi connectivity index (χ4n) is 3.64. The van der Waals surface area contributed by atoms with E-state index in [-0.39, 0.29) is 18.9 Å². The third-order valence-electron chi connectivity index (χ3n) is 4.97. The molecule has 6 heteroatoms. The average Bonchev–Trinajstić information content (AvgIpc) is 3.23. The molecule has 1 amide bonds. The molecule has 3 rings (SSSR count). The predicted octanol–water partition coefficient (Wildman–Crippen LogP) is 2.58. The molecule has 0 saturated carbocycles. The van der Waals surface area contributed by atoms with Gasteiger partial charge in [-0.25, -0.2) is 4.79 Å². The van der Waals surface area contributed by atoms with Crippen molar-refractivity contribution in [3.63, 3.8) is 0 Å². The summed E-state index contributed by atoms with van der Waals surface area (Å²) < 4.78 is 10.6. The Morgan fingerprint density at radius 3 is 2.74 bits per heavy atom. The standard InChI is InChI=1S/C21H25NO5/c1-14-9-10-15-6-3-4-7-16(15)19(14)22(17(11-12-23)21(25)26-2)20(24)18-8-5-13-27-18/h3-4,6-7,9-10,17-18,23H,5,8,11-13H2,1-2H3/t17-,18?/m0/s1. The van der Waals surface area contributed by atoms with Gasteiger partial charge in [-0.05, 0) is 30.7 Å². The van der Waals surface area contributed by atoms with Gasteiger partial charge in [-0.15, -0.1) is 0 Å². The van der Waals surface area contributed by atoms with E-state index in [9.17, 15) is 14.7 Å². The lowest BCUT2D eigenvalue weighted by molar-refractivity contribution is -0.144. The Morgan fingerprint density at radius 2 is 2.07 bits per heavy atom. The molecule has 0 aliphatic carbocycles. The maximum absolute atomic E-state index is 13.4. The highest BCUT2D eigenvalue weighted by Gasteiger charge is 2.38. The summed E-state index contributed by atoms with van der Waals surface area (Å²) >= 11 is 0. The maximum atomic E-state index is 13.4. The summed E-state index contributed by atoms with van der Waals surface area (Å²) in [5.74, 6) is -0.821. The van der Waals surface area contributed by atoms with Crippen molar-refractivity contribution < 1.29 is 24.2 Å². The van der Waals surface area contributed by atoms with Gasteiger partial charge in [-0.3, -0.25) is 9.69 Å². The fraction of sp³-hybridized carbons (Fsp3) is 0.429. The van der Waals surface area contributed by atoms with Crippen LogP contribution in [0.15, 0.2) is 36.4 Å². The fourth-order valence-corrected chi connectivity index (χ4v) is 3.64. The second-order valence-electron chi connectivity index (χ2n) is 6.71. The van der Waals surface area contributed by atoms with Crippen LogP contribution in [-0.2, 0) is 19.1 Å². The molecule has 6 nitrogen and oxygen atoms in total. The normalized spacial score (nSPS) is 17.7. The highest BCUT2D eigenvalue weighted by Crippen LogP contribution is 2.34. The third-order valence-corrected chi connectivity index (χ3v) is 4.97. The Labute approximate surface area is 158 Å². The quantitative estimate of drug-likeness (QED) is 0.790. The Kier molecular flexibility index (Phi) is 6.08. The van der Waals surface area contributed by atoms with Crippen molar-refractivity contribution in [2.45, 2.75) is 38.3 Å². The number of amides is 1. The molecule has 2 aromatic carbocycles. The Bertz CT molecular complexity index is 828. The number of rotatable bonds is 6. The largest absolute Gasteiger partial charge is 0.467 e. The number of anilines is 1. The smallest absolute Gasteiger partial charge is 0.329 e. The molecule has 0 radical (unpaired) electrons. The van der Waals surface area contributed by atoms with E-state index in [2.05, 4.69) is 0 Å². The van der Waals surface area contributed by atoms with E-state index in [1.54, 1.807) is 0 Å². The average molecular weight is 371 g/mol. The van der Waals surface area contributed by atoms with Crippen molar-refractivity contribution in [1.29, 1.82) is 0 Å². The Morgan fingerprint density at radius 1 is 1.30 bits per heavy atom. The second-order valence-corrected chi connectivity index (χ2v) is 6.71. The first kappa shape index (κ1) is 19.3. The van der Waals surface area contributed by atoms with E-state index in [1.807, 2.05) is 43.3 Å². The van der Waals surface area contributed by atoms with E-state index in [0.717, 1.165) is 22.8 Å². The van der Waals surface area contributed by atoms with Crippen LogP contribution >= 0.6 is 0 Å².